The molecule has 0 aliphatic rings. The molecule has 2 aromatic rings. The summed E-state index contributed by atoms with van der Waals surface area (Å²) in [6.45, 7) is -0.184. The van der Waals surface area contributed by atoms with Crippen molar-refractivity contribution in [3.8, 4) is 0 Å². The first-order valence-electron chi connectivity index (χ1n) is 5.12. The Kier molecular flexibility index (Phi) is 4.22. The lowest BCUT2D eigenvalue weighted by molar-refractivity contribution is 0.279. The van der Waals surface area contributed by atoms with Gasteiger partial charge in [0.05, 0.1) is 11.5 Å². The summed E-state index contributed by atoms with van der Waals surface area (Å²) in [4.78, 5) is 0.765. The van der Waals surface area contributed by atoms with Gasteiger partial charge in [-0.2, -0.15) is 0 Å². The predicted octanol–water partition coefficient (Wildman–Crippen LogP) is 4.26. The minimum Gasteiger partial charge on any atom is -0.392 e. The molecular formula is C13H9ClF2OS. The molecule has 0 saturated heterocycles. The molecule has 0 fully saturated rings. The average Bonchev–Trinajstić information content (AvgIpc) is 2.34. The normalized spacial score (nSPS) is 10.7. The number of rotatable bonds is 3. The van der Waals surface area contributed by atoms with Crippen molar-refractivity contribution in [2.45, 2.75) is 16.4 Å². The van der Waals surface area contributed by atoms with Gasteiger partial charge in [0.1, 0.15) is 11.6 Å². The van der Waals surface area contributed by atoms with Gasteiger partial charge in [0, 0.05) is 9.92 Å². The summed E-state index contributed by atoms with van der Waals surface area (Å²) in [5.74, 6) is -1.02. The van der Waals surface area contributed by atoms with Gasteiger partial charge in [-0.05, 0) is 35.9 Å². The van der Waals surface area contributed by atoms with Gasteiger partial charge in [0.15, 0.2) is 0 Å². The Balaban J connectivity index is 2.38. The third kappa shape index (κ3) is 3.02. The highest BCUT2D eigenvalue weighted by atomic mass is 35.5. The maximum atomic E-state index is 13.5. The summed E-state index contributed by atoms with van der Waals surface area (Å²) >= 11 is 6.88. The van der Waals surface area contributed by atoms with E-state index in [1.807, 2.05) is 0 Å². The highest BCUT2D eigenvalue weighted by Gasteiger charge is 2.09. The Labute approximate surface area is 112 Å². The van der Waals surface area contributed by atoms with E-state index in [1.165, 1.54) is 0 Å². The van der Waals surface area contributed by atoms with Crippen molar-refractivity contribution < 1.29 is 13.9 Å². The van der Waals surface area contributed by atoms with Gasteiger partial charge in [-0.15, -0.1) is 0 Å². The van der Waals surface area contributed by atoms with Crippen molar-refractivity contribution in [2.75, 3.05) is 0 Å². The molecule has 5 heteroatoms. The summed E-state index contributed by atoms with van der Waals surface area (Å²) in [5.41, 5.74) is 0.619. The molecule has 1 nitrogen and oxygen atoms in total. The van der Waals surface area contributed by atoms with E-state index in [4.69, 9.17) is 11.6 Å². The predicted molar refractivity (Wildman–Crippen MR) is 67.9 cm³/mol. The highest BCUT2D eigenvalue weighted by molar-refractivity contribution is 7.99. The number of aliphatic hydroxyl groups excluding tert-OH is 1. The van der Waals surface area contributed by atoms with Crippen LogP contribution in [-0.2, 0) is 6.61 Å². The van der Waals surface area contributed by atoms with Crippen LogP contribution in [0.2, 0.25) is 5.02 Å². The molecule has 0 radical (unpaired) electrons. The van der Waals surface area contributed by atoms with Crippen LogP contribution in [0.3, 0.4) is 0 Å². The smallest absolute Gasteiger partial charge is 0.137 e. The summed E-state index contributed by atoms with van der Waals surface area (Å²) in [6, 6.07) is 8.15. The van der Waals surface area contributed by atoms with Crippen LogP contribution >= 0.6 is 23.4 Å². The molecule has 0 saturated carbocycles. The van der Waals surface area contributed by atoms with Gasteiger partial charge in [0.2, 0.25) is 0 Å². The second-order valence-corrected chi connectivity index (χ2v) is 5.11. The van der Waals surface area contributed by atoms with Gasteiger partial charge in [-0.25, -0.2) is 8.78 Å². The lowest BCUT2D eigenvalue weighted by Crippen LogP contribution is -1.89. The summed E-state index contributed by atoms with van der Waals surface area (Å²) in [7, 11) is 0. The van der Waals surface area contributed by atoms with Crippen LogP contribution in [0.4, 0.5) is 8.78 Å². The van der Waals surface area contributed by atoms with Gasteiger partial charge in [0.25, 0.3) is 0 Å². The average molecular weight is 287 g/mol. The lowest BCUT2D eigenvalue weighted by atomic mass is 10.2. The van der Waals surface area contributed by atoms with Gasteiger partial charge >= 0.3 is 0 Å². The Morgan fingerprint density at radius 1 is 1.06 bits per heavy atom. The summed E-state index contributed by atoms with van der Waals surface area (Å²) < 4.78 is 26.6. The molecule has 2 aromatic carbocycles. The van der Waals surface area contributed by atoms with Crippen LogP contribution in [0.5, 0.6) is 0 Å². The first-order chi connectivity index (χ1) is 8.60. The van der Waals surface area contributed by atoms with Gasteiger partial charge < -0.3 is 5.11 Å². The molecule has 0 spiro atoms. The van der Waals surface area contributed by atoms with Crippen molar-refractivity contribution >= 4 is 23.4 Å². The fourth-order valence-electron chi connectivity index (χ4n) is 1.43. The lowest BCUT2D eigenvalue weighted by Gasteiger charge is -2.08. The molecule has 0 aromatic heterocycles. The number of halogens is 3. The SMILES string of the molecule is OCc1ccc(Cl)cc1Sc1cc(F)ccc1F. The third-order valence-electron chi connectivity index (χ3n) is 2.31. The molecule has 0 atom stereocenters. The maximum Gasteiger partial charge on any atom is 0.137 e. The van der Waals surface area contributed by atoms with E-state index >= 15 is 0 Å². The Hall–Kier alpha value is -1.10. The zero-order valence-corrected chi connectivity index (χ0v) is 10.7. The number of benzene rings is 2. The third-order valence-corrected chi connectivity index (χ3v) is 3.68. The summed E-state index contributed by atoms with van der Waals surface area (Å²) in [6.07, 6.45) is 0. The largest absolute Gasteiger partial charge is 0.392 e. The quantitative estimate of drug-likeness (QED) is 0.910. The Bertz CT molecular complexity index is 575. The van der Waals surface area contributed by atoms with Crippen LogP contribution in [0, 0.1) is 11.6 Å². The zero-order chi connectivity index (χ0) is 13.1. The molecule has 0 unspecified atom stereocenters. The monoisotopic (exact) mass is 286 g/mol. The number of hydrogen-bond donors (Lipinski definition) is 1. The van der Waals surface area contributed by atoms with E-state index < -0.39 is 11.6 Å². The van der Waals surface area contributed by atoms with Crippen LogP contribution in [0.25, 0.3) is 0 Å². The van der Waals surface area contributed by atoms with Gasteiger partial charge in [-0.1, -0.05) is 29.4 Å². The van der Waals surface area contributed by atoms with E-state index in [9.17, 15) is 13.9 Å². The van der Waals surface area contributed by atoms with Crippen LogP contribution < -0.4 is 0 Å². The standard InChI is InChI=1S/C13H9ClF2OS/c14-9-2-1-8(7-17)12(5-9)18-13-6-10(15)3-4-11(13)16/h1-6,17H,7H2. The van der Waals surface area contributed by atoms with E-state index in [0.717, 1.165) is 30.0 Å². The van der Waals surface area contributed by atoms with E-state index in [2.05, 4.69) is 0 Å². The van der Waals surface area contributed by atoms with Crippen molar-refractivity contribution in [3.05, 3.63) is 58.6 Å². The molecule has 18 heavy (non-hydrogen) atoms. The van der Waals surface area contributed by atoms with Crippen molar-refractivity contribution in [1.29, 1.82) is 0 Å². The van der Waals surface area contributed by atoms with Crippen molar-refractivity contribution in [2.24, 2.45) is 0 Å². The second-order valence-electron chi connectivity index (χ2n) is 3.59. The molecule has 0 amide bonds. The number of aliphatic hydroxyl groups is 1. The molecule has 0 aliphatic carbocycles. The fraction of sp³-hybridized carbons (Fsp3) is 0.0769. The first kappa shape index (κ1) is 13.3. The highest BCUT2D eigenvalue weighted by Crippen LogP contribution is 2.34. The zero-order valence-electron chi connectivity index (χ0n) is 9.16. The maximum absolute atomic E-state index is 13.5. The molecular weight excluding hydrogens is 278 g/mol. The van der Waals surface area contributed by atoms with Crippen LogP contribution in [0.1, 0.15) is 5.56 Å². The first-order valence-corrected chi connectivity index (χ1v) is 6.32. The number of hydrogen-bond acceptors (Lipinski definition) is 2. The molecule has 0 bridgehead atoms. The minimum atomic E-state index is -0.509. The fourth-order valence-corrected chi connectivity index (χ4v) is 2.69. The van der Waals surface area contributed by atoms with Crippen molar-refractivity contribution in [3.63, 3.8) is 0 Å². The van der Waals surface area contributed by atoms with Gasteiger partial charge in [-0.3, -0.25) is 0 Å². The Morgan fingerprint density at radius 3 is 2.56 bits per heavy atom. The summed E-state index contributed by atoms with van der Waals surface area (Å²) in [5, 5.41) is 9.67. The Morgan fingerprint density at radius 2 is 1.83 bits per heavy atom. The van der Waals surface area contributed by atoms with Crippen LogP contribution in [0.15, 0.2) is 46.2 Å². The minimum absolute atomic E-state index is 0.159. The van der Waals surface area contributed by atoms with Crippen molar-refractivity contribution in [1.82, 2.24) is 0 Å². The van der Waals surface area contributed by atoms with E-state index in [1.54, 1.807) is 18.2 Å². The molecule has 94 valence electrons. The molecule has 1 N–H and O–H groups in total. The molecule has 0 heterocycles. The topological polar surface area (TPSA) is 20.2 Å². The van der Waals surface area contributed by atoms with E-state index in [0.29, 0.717) is 15.5 Å². The van der Waals surface area contributed by atoms with E-state index in [-0.39, 0.29) is 11.5 Å². The molecule has 0 aliphatic heterocycles. The van der Waals surface area contributed by atoms with Crippen LogP contribution in [-0.4, -0.2) is 5.11 Å². The second kappa shape index (κ2) is 5.69. The molecule has 2 rings (SSSR count).